The van der Waals surface area contributed by atoms with Gasteiger partial charge in [0.25, 0.3) is 11.6 Å². The molecule has 1 rings (SSSR count). The average molecular weight is 316 g/mol. The van der Waals surface area contributed by atoms with Gasteiger partial charge >= 0.3 is 0 Å². The molecule has 1 unspecified atom stereocenters. The van der Waals surface area contributed by atoms with Gasteiger partial charge in [0.05, 0.1) is 22.6 Å². The number of methoxy groups -OCH3 is 1. The Balaban J connectivity index is 3.08. The molecule has 21 heavy (non-hydrogen) atoms. The monoisotopic (exact) mass is 315 g/mol. The van der Waals surface area contributed by atoms with Crippen LogP contribution in [-0.2, 0) is 4.74 Å². The van der Waals surface area contributed by atoms with Crippen molar-refractivity contribution in [2.45, 2.75) is 19.4 Å². The van der Waals surface area contributed by atoms with Crippen LogP contribution >= 0.6 is 11.6 Å². The average Bonchev–Trinajstić information content (AvgIpc) is 2.45. The molecule has 0 aliphatic carbocycles. The first-order chi connectivity index (χ1) is 9.94. The fourth-order valence-electron chi connectivity index (χ4n) is 1.85. The standard InChI is InChI=1S/C13H18ClN3O4/c1-4-9(7-21-3)16-13(18)8-5-10(14)12(15-2)11(6-8)17(19)20/h5-6,9,15H,4,7H2,1-3H3,(H,16,18). The highest BCUT2D eigenvalue weighted by Crippen LogP contribution is 2.33. The van der Waals surface area contributed by atoms with Gasteiger partial charge in [-0.3, -0.25) is 14.9 Å². The van der Waals surface area contributed by atoms with E-state index in [-0.39, 0.29) is 28.0 Å². The van der Waals surface area contributed by atoms with Crippen molar-refractivity contribution in [2.24, 2.45) is 0 Å². The van der Waals surface area contributed by atoms with Gasteiger partial charge in [0, 0.05) is 25.8 Å². The number of nitro groups is 1. The third-order valence-corrected chi connectivity index (χ3v) is 3.27. The maximum absolute atomic E-state index is 12.1. The summed E-state index contributed by atoms with van der Waals surface area (Å²) in [5.74, 6) is -0.424. The quantitative estimate of drug-likeness (QED) is 0.595. The Labute approximate surface area is 127 Å². The minimum atomic E-state index is -0.582. The van der Waals surface area contributed by atoms with Crippen molar-refractivity contribution in [3.8, 4) is 0 Å². The van der Waals surface area contributed by atoms with E-state index in [1.165, 1.54) is 26.3 Å². The second-order valence-electron chi connectivity index (χ2n) is 4.39. The molecule has 0 aliphatic rings. The van der Waals surface area contributed by atoms with Crippen molar-refractivity contribution in [3.63, 3.8) is 0 Å². The molecule has 1 aromatic rings. The van der Waals surface area contributed by atoms with Crippen LogP contribution in [0.15, 0.2) is 12.1 Å². The van der Waals surface area contributed by atoms with E-state index in [9.17, 15) is 14.9 Å². The van der Waals surface area contributed by atoms with Crippen LogP contribution in [0.5, 0.6) is 0 Å². The normalized spacial score (nSPS) is 11.8. The number of nitrogens with zero attached hydrogens (tertiary/aromatic N) is 1. The summed E-state index contributed by atoms with van der Waals surface area (Å²) in [4.78, 5) is 22.6. The highest BCUT2D eigenvalue weighted by molar-refractivity contribution is 6.34. The van der Waals surface area contributed by atoms with Crippen LogP contribution < -0.4 is 10.6 Å². The molecule has 0 fully saturated rings. The van der Waals surface area contributed by atoms with Crippen LogP contribution in [-0.4, -0.2) is 37.6 Å². The third kappa shape index (κ3) is 4.30. The zero-order valence-electron chi connectivity index (χ0n) is 12.1. The molecule has 0 saturated heterocycles. The van der Waals surface area contributed by atoms with Crippen LogP contribution in [0.2, 0.25) is 5.02 Å². The number of benzene rings is 1. The van der Waals surface area contributed by atoms with E-state index in [1.807, 2.05) is 6.92 Å². The summed E-state index contributed by atoms with van der Waals surface area (Å²) in [7, 11) is 3.07. The van der Waals surface area contributed by atoms with Gasteiger partial charge in [-0.1, -0.05) is 18.5 Å². The Bertz CT molecular complexity index is 536. The molecule has 8 heteroatoms. The number of hydrogen-bond acceptors (Lipinski definition) is 5. The second-order valence-corrected chi connectivity index (χ2v) is 4.80. The minimum Gasteiger partial charge on any atom is -0.383 e. The largest absolute Gasteiger partial charge is 0.383 e. The number of carbonyl (C=O) groups is 1. The van der Waals surface area contributed by atoms with Gasteiger partial charge in [0.15, 0.2) is 0 Å². The van der Waals surface area contributed by atoms with Crippen LogP contribution in [0.3, 0.4) is 0 Å². The minimum absolute atomic E-state index is 0.122. The predicted molar refractivity (Wildman–Crippen MR) is 81.1 cm³/mol. The first-order valence-corrected chi connectivity index (χ1v) is 6.77. The van der Waals surface area contributed by atoms with Gasteiger partial charge in [-0.05, 0) is 12.5 Å². The lowest BCUT2D eigenvalue weighted by atomic mass is 10.1. The molecule has 1 aromatic carbocycles. The van der Waals surface area contributed by atoms with Gasteiger partial charge in [0.2, 0.25) is 0 Å². The molecule has 0 spiro atoms. The molecule has 0 saturated carbocycles. The lowest BCUT2D eigenvalue weighted by Crippen LogP contribution is -2.37. The summed E-state index contributed by atoms with van der Waals surface area (Å²) in [5.41, 5.74) is 0.0809. The fourth-order valence-corrected chi connectivity index (χ4v) is 2.16. The van der Waals surface area contributed by atoms with Crippen LogP contribution in [0.25, 0.3) is 0 Å². The Morgan fingerprint density at radius 1 is 1.52 bits per heavy atom. The highest BCUT2D eigenvalue weighted by atomic mass is 35.5. The van der Waals surface area contributed by atoms with Crippen LogP contribution in [0, 0.1) is 10.1 Å². The maximum atomic E-state index is 12.1. The van der Waals surface area contributed by atoms with Crippen molar-refractivity contribution in [1.29, 1.82) is 0 Å². The van der Waals surface area contributed by atoms with E-state index in [0.717, 1.165) is 0 Å². The van der Waals surface area contributed by atoms with Gasteiger partial charge < -0.3 is 15.4 Å². The predicted octanol–water partition coefficient (Wildman–Crippen LogP) is 2.44. The van der Waals surface area contributed by atoms with E-state index in [1.54, 1.807) is 0 Å². The number of nitrogens with one attached hydrogen (secondary N) is 2. The van der Waals surface area contributed by atoms with Crippen molar-refractivity contribution in [1.82, 2.24) is 5.32 Å². The zero-order chi connectivity index (χ0) is 16.0. The van der Waals surface area contributed by atoms with E-state index < -0.39 is 10.8 Å². The third-order valence-electron chi connectivity index (χ3n) is 2.97. The summed E-state index contributed by atoms with van der Waals surface area (Å²) < 4.78 is 4.99. The number of amides is 1. The van der Waals surface area contributed by atoms with Gasteiger partial charge in [-0.25, -0.2) is 0 Å². The van der Waals surface area contributed by atoms with Crippen LogP contribution in [0.4, 0.5) is 11.4 Å². The maximum Gasteiger partial charge on any atom is 0.294 e. The lowest BCUT2D eigenvalue weighted by Gasteiger charge is -2.16. The molecule has 7 nitrogen and oxygen atoms in total. The molecular formula is C13H18ClN3O4. The number of ether oxygens (including phenoxy) is 1. The number of nitro benzene ring substituents is 1. The molecule has 0 aromatic heterocycles. The SMILES string of the molecule is CCC(COC)NC(=O)c1cc(Cl)c(NC)c([N+](=O)[O-])c1. The van der Waals surface area contributed by atoms with E-state index in [0.29, 0.717) is 13.0 Å². The van der Waals surface area contributed by atoms with Crippen LogP contribution in [0.1, 0.15) is 23.7 Å². The Morgan fingerprint density at radius 3 is 2.67 bits per heavy atom. The van der Waals surface area contributed by atoms with E-state index >= 15 is 0 Å². The zero-order valence-corrected chi connectivity index (χ0v) is 12.9. The summed E-state index contributed by atoms with van der Waals surface area (Å²) in [5, 5.41) is 16.6. The van der Waals surface area contributed by atoms with Crippen molar-refractivity contribution in [2.75, 3.05) is 26.1 Å². The highest BCUT2D eigenvalue weighted by Gasteiger charge is 2.21. The van der Waals surface area contributed by atoms with Crippen molar-refractivity contribution < 1.29 is 14.5 Å². The first-order valence-electron chi connectivity index (χ1n) is 6.40. The summed E-state index contributed by atoms with van der Waals surface area (Å²) in [6.45, 7) is 2.27. The molecule has 1 amide bonds. The number of halogens is 1. The molecule has 2 N–H and O–H groups in total. The second kappa shape index (κ2) is 7.80. The van der Waals surface area contributed by atoms with E-state index in [2.05, 4.69) is 10.6 Å². The Hall–Kier alpha value is -1.86. The summed E-state index contributed by atoms with van der Waals surface area (Å²) >= 11 is 5.98. The summed E-state index contributed by atoms with van der Waals surface area (Å²) in [6.07, 6.45) is 0.685. The van der Waals surface area contributed by atoms with Gasteiger partial charge in [-0.15, -0.1) is 0 Å². The Kier molecular flexibility index (Phi) is 6.39. The Morgan fingerprint density at radius 2 is 2.19 bits per heavy atom. The summed E-state index contributed by atoms with van der Waals surface area (Å²) in [6, 6.07) is 2.44. The number of carbonyl (C=O) groups excluding carboxylic acids is 1. The van der Waals surface area contributed by atoms with Gasteiger partial charge in [-0.2, -0.15) is 0 Å². The number of rotatable bonds is 7. The van der Waals surface area contributed by atoms with Gasteiger partial charge in [0.1, 0.15) is 5.69 Å². The molecule has 116 valence electrons. The number of anilines is 1. The molecule has 1 atom stereocenters. The molecule has 0 heterocycles. The first kappa shape index (κ1) is 17.2. The lowest BCUT2D eigenvalue weighted by molar-refractivity contribution is -0.383. The molecule has 0 radical (unpaired) electrons. The fraction of sp³-hybridized carbons (Fsp3) is 0.462. The smallest absolute Gasteiger partial charge is 0.294 e. The molecule has 0 aliphatic heterocycles. The molecular weight excluding hydrogens is 298 g/mol. The number of hydrogen-bond donors (Lipinski definition) is 2. The van der Waals surface area contributed by atoms with Crippen molar-refractivity contribution in [3.05, 3.63) is 32.8 Å². The van der Waals surface area contributed by atoms with Crippen molar-refractivity contribution >= 4 is 28.9 Å². The van der Waals surface area contributed by atoms with E-state index in [4.69, 9.17) is 16.3 Å². The topological polar surface area (TPSA) is 93.5 Å². The molecule has 0 bridgehead atoms.